The molecule has 3 rings (SSSR count). The van der Waals surface area contributed by atoms with Gasteiger partial charge >= 0.3 is 0 Å². The minimum atomic E-state index is -0.228. The van der Waals surface area contributed by atoms with Crippen molar-refractivity contribution in [3.63, 3.8) is 0 Å². The monoisotopic (exact) mass is 367 g/mol. The van der Waals surface area contributed by atoms with Gasteiger partial charge in [0.1, 0.15) is 5.75 Å². The van der Waals surface area contributed by atoms with Gasteiger partial charge in [-0.3, -0.25) is 4.79 Å². The van der Waals surface area contributed by atoms with Gasteiger partial charge in [-0.2, -0.15) is 0 Å². The molecule has 0 saturated heterocycles. The molecule has 0 atom stereocenters. The van der Waals surface area contributed by atoms with E-state index in [4.69, 9.17) is 9.15 Å². The van der Waals surface area contributed by atoms with E-state index in [-0.39, 0.29) is 5.91 Å². The summed E-state index contributed by atoms with van der Waals surface area (Å²) in [4.78, 5) is 13.5. The van der Waals surface area contributed by atoms with Gasteiger partial charge in [-0.05, 0) is 54.8 Å². The van der Waals surface area contributed by atoms with E-state index in [1.807, 2.05) is 36.4 Å². The van der Waals surface area contributed by atoms with Crippen molar-refractivity contribution in [2.45, 2.75) is 30.4 Å². The molecule has 0 aliphatic heterocycles. The summed E-state index contributed by atoms with van der Waals surface area (Å²) in [6.07, 6.45) is 0. The molecular formula is C21H21NO3S. The van der Waals surface area contributed by atoms with Crippen LogP contribution in [0.2, 0.25) is 0 Å². The summed E-state index contributed by atoms with van der Waals surface area (Å²) in [5.41, 5.74) is 3.38. The van der Waals surface area contributed by atoms with Gasteiger partial charge in [0, 0.05) is 11.4 Å². The highest BCUT2D eigenvalue weighted by Crippen LogP contribution is 2.33. The van der Waals surface area contributed by atoms with Gasteiger partial charge in [0.2, 0.25) is 0 Å². The van der Waals surface area contributed by atoms with Gasteiger partial charge < -0.3 is 14.5 Å². The highest BCUT2D eigenvalue weighted by molar-refractivity contribution is 7.99. The molecule has 0 unspecified atom stereocenters. The van der Waals surface area contributed by atoms with Crippen LogP contribution in [0.25, 0.3) is 0 Å². The van der Waals surface area contributed by atoms with Crippen LogP contribution in [0.3, 0.4) is 0 Å². The number of amides is 1. The maximum atomic E-state index is 12.3. The molecule has 0 bridgehead atoms. The van der Waals surface area contributed by atoms with Crippen LogP contribution < -0.4 is 10.1 Å². The lowest BCUT2D eigenvalue weighted by Crippen LogP contribution is -2.22. The first-order valence-electron chi connectivity index (χ1n) is 8.32. The predicted octanol–water partition coefficient (Wildman–Crippen LogP) is 4.99. The largest absolute Gasteiger partial charge is 0.497 e. The molecule has 1 aromatic heterocycles. The van der Waals surface area contributed by atoms with Crippen LogP contribution in [0.4, 0.5) is 0 Å². The van der Waals surface area contributed by atoms with E-state index in [1.165, 1.54) is 22.9 Å². The molecule has 5 heteroatoms. The number of carbonyl (C=O) groups is 1. The molecule has 134 valence electrons. The third-order valence-electron chi connectivity index (χ3n) is 4.03. The lowest BCUT2D eigenvalue weighted by atomic mass is 10.2. The molecule has 1 N–H and O–H groups in total. The van der Waals surface area contributed by atoms with E-state index < -0.39 is 0 Å². The number of ether oxygens (including phenoxy) is 1. The molecule has 26 heavy (non-hydrogen) atoms. The number of hydrogen-bond acceptors (Lipinski definition) is 4. The Bertz CT molecular complexity index is 880. The van der Waals surface area contributed by atoms with Crippen LogP contribution >= 0.6 is 11.8 Å². The van der Waals surface area contributed by atoms with E-state index >= 15 is 0 Å². The first-order valence-corrected chi connectivity index (χ1v) is 9.13. The quantitative estimate of drug-likeness (QED) is 0.667. The number of hydrogen-bond donors (Lipinski definition) is 1. The maximum Gasteiger partial charge on any atom is 0.287 e. The topological polar surface area (TPSA) is 51.5 Å². The Morgan fingerprint density at radius 2 is 1.73 bits per heavy atom. The van der Waals surface area contributed by atoms with E-state index in [1.54, 1.807) is 13.2 Å². The fourth-order valence-electron chi connectivity index (χ4n) is 2.57. The van der Waals surface area contributed by atoms with Crippen molar-refractivity contribution >= 4 is 17.7 Å². The normalized spacial score (nSPS) is 10.6. The molecule has 0 saturated carbocycles. The van der Waals surface area contributed by atoms with Crippen molar-refractivity contribution in [3.05, 3.63) is 77.0 Å². The number of methoxy groups -OCH3 is 1. The molecule has 4 nitrogen and oxygen atoms in total. The third kappa shape index (κ3) is 4.29. The Morgan fingerprint density at radius 1 is 1.04 bits per heavy atom. The van der Waals surface area contributed by atoms with E-state index in [2.05, 4.69) is 31.3 Å². The molecule has 0 aliphatic rings. The zero-order valence-electron chi connectivity index (χ0n) is 15.0. The molecule has 1 heterocycles. The second-order valence-corrected chi connectivity index (χ2v) is 6.99. The van der Waals surface area contributed by atoms with E-state index in [0.717, 1.165) is 16.2 Å². The minimum absolute atomic E-state index is 0.228. The van der Waals surface area contributed by atoms with Gasteiger partial charge in [-0.1, -0.05) is 42.1 Å². The standard InChI is InChI=1S/C21H21NO3S/c1-14-5-4-6-15(2)20(14)26-19-12-11-18(25-19)21(23)22-13-16-7-9-17(24-3)10-8-16/h4-12H,13H2,1-3H3,(H,22,23). The van der Waals surface area contributed by atoms with Gasteiger partial charge in [-0.25, -0.2) is 0 Å². The lowest BCUT2D eigenvalue weighted by molar-refractivity contribution is 0.0918. The van der Waals surface area contributed by atoms with E-state index in [0.29, 0.717) is 17.4 Å². The highest BCUT2D eigenvalue weighted by Gasteiger charge is 2.13. The summed E-state index contributed by atoms with van der Waals surface area (Å²) < 4.78 is 10.8. The summed E-state index contributed by atoms with van der Waals surface area (Å²) in [5.74, 6) is 0.876. The Balaban J connectivity index is 1.62. The summed E-state index contributed by atoms with van der Waals surface area (Å²) in [5, 5.41) is 3.58. The molecule has 0 aliphatic carbocycles. The zero-order chi connectivity index (χ0) is 18.5. The smallest absolute Gasteiger partial charge is 0.287 e. The Morgan fingerprint density at radius 3 is 2.38 bits per heavy atom. The third-order valence-corrected chi connectivity index (χ3v) is 5.30. The van der Waals surface area contributed by atoms with Gasteiger partial charge in [0.15, 0.2) is 10.9 Å². The predicted molar refractivity (Wildman–Crippen MR) is 103 cm³/mol. The van der Waals surface area contributed by atoms with Crippen LogP contribution in [-0.2, 0) is 6.54 Å². The number of furan rings is 1. The second-order valence-electron chi connectivity index (χ2n) is 5.97. The lowest BCUT2D eigenvalue weighted by Gasteiger charge is -2.07. The minimum Gasteiger partial charge on any atom is -0.497 e. The van der Waals surface area contributed by atoms with E-state index in [9.17, 15) is 4.79 Å². The van der Waals surface area contributed by atoms with Crippen LogP contribution in [0.1, 0.15) is 27.2 Å². The first kappa shape index (κ1) is 18.1. The summed E-state index contributed by atoms with van der Waals surface area (Å²) >= 11 is 1.54. The van der Waals surface area contributed by atoms with Gasteiger partial charge in [-0.15, -0.1) is 0 Å². The fourth-order valence-corrected chi connectivity index (χ4v) is 3.50. The zero-order valence-corrected chi connectivity index (χ0v) is 15.9. The van der Waals surface area contributed by atoms with Crippen molar-refractivity contribution in [1.29, 1.82) is 0 Å². The Hall–Kier alpha value is -2.66. The highest BCUT2D eigenvalue weighted by atomic mass is 32.2. The number of rotatable bonds is 6. The first-order chi connectivity index (χ1) is 12.6. The molecule has 0 radical (unpaired) electrons. The van der Waals surface area contributed by atoms with Crippen LogP contribution in [0.5, 0.6) is 5.75 Å². The van der Waals surface area contributed by atoms with Crippen LogP contribution in [0.15, 0.2) is 69.0 Å². The van der Waals surface area contributed by atoms with Crippen molar-refractivity contribution in [2.24, 2.45) is 0 Å². The maximum absolute atomic E-state index is 12.3. The Labute approximate surface area is 157 Å². The summed E-state index contributed by atoms with van der Waals surface area (Å²) in [6.45, 7) is 4.57. The van der Waals surface area contributed by atoms with Crippen molar-refractivity contribution in [2.75, 3.05) is 7.11 Å². The average Bonchev–Trinajstić information content (AvgIpc) is 3.12. The molecular weight excluding hydrogens is 346 g/mol. The van der Waals surface area contributed by atoms with Crippen LogP contribution in [-0.4, -0.2) is 13.0 Å². The van der Waals surface area contributed by atoms with Crippen LogP contribution in [0, 0.1) is 13.8 Å². The van der Waals surface area contributed by atoms with Crippen molar-refractivity contribution in [3.8, 4) is 5.75 Å². The molecule has 3 aromatic rings. The number of carbonyl (C=O) groups excluding carboxylic acids is 1. The van der Waals surface area contributed by atoms with Gasteiger partial charge in [0.05, 0.1) is 7.11 Å². The van der Waals surface area contributed by atoms with Crippen molar-refractivity contribution < 1.29 is 13.9 Å². The number of aryl methyl sites for hydroxylation is 2. The Kier molecular flexibility index (Phi) is 5.68. The summed E-state index contributed by atoms with van der Waals surface area (Å²) in [7, 11) is 1.63. The number of benzene rings is 2. The number of nitrogens with one attached hydrogen (secondary N) is 1. The second kappa shape index (κ2) is 8.15. The summed E-state index contributed by atoms with van der Waals surface area (Å²) in [6, 6.07) is 17.3. The van der Waals surface area contributed by atoms with Crippen molar-refractivity contribution in [1.82, 2.24) is 5.32 Å². The molecule has 2 aromatic carbocycles. The van der Waals surface area contributed by atoms with Gasteiger partial charge in [0.25, 0.3) is 5.91 Å². The fraction of sp³-hybridized carbons (Fsp3) is 0.190. The molecule has 1 amide bonds. The molecule has 0 fully saturated rings. The SMILES string of the molecule is COc1ccc(CNC(=O)c2ccc(Sc3c(C)cccc3C)o2)cc1. The average molecular weight is 367 g/mol. The molecule has 0 spiro atoms.